The zero-order valence-corrected chi connectivity index (χ0v) is 26.6. The number of hydrogen-bond donors (Lipinski definition) is 2. The van der Waals surface area contributed by atoms with Gasteiger partial charge in [0.1, 0.15) is 23.2 Å². The van der Waals surface area contributed by atoms with Gasteiger partial charge in [-0.15, -0.1) is 0 Å². The summed E-state index contributed by atoms with van der Waals surface area (Å²) in [5.41, 5.74) is 5.70. The number of H-pyrrole nitrogens is 2. The standard InChI is InChI=1S/C18H19FN4.C18H19N5O2/c19-14-5-1-4-8-17(14)23-11-9-22(10-12-23)13-18-20-15-6-2-3-7-16(15)21-18;24-23(25)17-8-4-3-7-16(17)22-11-9-21(10-12-22)13-18-19-14-5-1-2-6-15(14)20-18/h1-8H,9-13H2,(H,20,21);1-8H,9-13H2,(H,19,20). The quantitative estimate of drug-likeness (QED) is 0.165. The number of piperazine rings is 2. The van der Waals surface area contributed by atoms with Crippen LogP contribution in [0.5, 0.6) is 0 Å². The first-order valence-electron chi connectivity index (χ1n) is 16.3. The Morgan fingerprint density at radius 2 is 1.04 bits per heavy atom. The number of fused-ring (bicyclic) bond motifs is 2. The lowest BCUT2D eigenvalue weighted by Gasteiger charge is -2.35. The molecule has 4 heterocycles. The van der Waals surface area contributed by atoms with E-state index in [9.17, 15) is 14.5 Å². The van der Waals surface area contributed by atoms with Crippen molar-refractivity contribution in [1.82, 2.24) is 29.7 Å². The lowest BCUT2D eigenvalue weighted by molar-refractivity contribution is -0.384. The van der Waals surface area contributed by atoms with E-state index in [1.807, 2.05) is 72.8 Å². The van der Waals surface area contributed by atoms with Crippen molar-refractivity contribution in [3.05, 3.63) is 125 Å². The van der Waals surface area contributed by atoms with Gasteiger partial charge in [-0.3, -0.25) is 19.9 Å². The molecule has 246 valence electrons. The van der Waals surface area contributed by atoms with Crippen molar-refractivity contribution in [3.8, 4) is 0 Å². The minimum atomic E-state index is -0.309. The monoisotopic (exact) mass is 647 g/mol. The van der Waals surface area contributed by atoms with Gasteiger partial charge in [0.2, 0.25) is 0 Å². The van der Waals surface area contributed by atoms with Crippen LogP contribution in [0.15, 0.2) is 97.1 Å². The molecule has 11 nitrogen and oxygen atoms in total. The van der Waals surface area contributed by atoms with Crippen molar-refractivity contribution in [2.24, 2.45) is 0 Å². The van der Waals surface area contributed by atoms with E-state index in [-0.39, 0.29) is 16.4 Å². The summed E-state index contributed by atoms with van der Waals surface area (Å²) in [6, 6.07) is 30.0. The second kappa shape index (κ2) is 14.2. The first kappa shape index (κ1) is 31.3. The second-order valence-corrected chi connectivity index (χ2v) is 12.1. The van der Waals surface area contributed by atoms with E-state index >= 15 is 0 Å². The van der Waals surface area contributed by atoms with Gasteiger partial charge in [0, 0.05) is 58.4 Å². The summed E-state index contributed by atoms with van der Waals surface area (Å²) < 4.78 is 13.9. The molecule has 12 heteroatoms. The number of imidazole rings is 2. The summed E-state index contributed by atoms with van der Waals surface area (Å²) in [4.78, 5) is 35.8. The number of nitro benzene ring substituents is 1. The van der Waals surface area contributed by atoms with Crippen LogP contribution >= 0.6 is 0 Å². The van der Waals surface area contributed by atoms with Gasteiger partial charge >= 0.3 is 0 Å². The molecule has 6 aromatic rings. The van der Waals surface area contributed by atoms with Crippen molar-refractivity contribution in [1.29, 1.82) is 0 Å². The Hall–Kier alpha value is -5.33. The topological polar surface area (TPSA) is 113 Å². The number of aromatic amines is 2. The summed E-state index contributed by atoms with van der Waals surface area (Å²) in [5, 5.41) is 11.2. The fourth-order valence-electron chi connectivity index (χ4n) is 6.47. The van der Waals surface area contributed by atoms with Crippen LogP contribution in [0.25, 0.3) is 22.1 Å². The number of nitrogens with zero attached hydrogens (tertiary/aromatic N) is 7. The number of aromatic nitrogens is 4. The molecule has 0 unspecified atom stereocenters. The molecule has 0 bridgehead atoms. The van der Waals surface area contributed by atoms with Crippen LogP contribution in [0.3, 0.4) is 0 Å². The number of rotatable bonds is 7. The summed E-state index contributed by atoms with van der Waals surface area (Å²) in [5.74, 6) is 1.81. The first-order valence-corrected chi connectivity index (χ1v) is 16.3. The maximum Gasteiger partial charge on any atom is 0.292 e. The Morgan fingerprint density at radius 3 is 1.54 bits per heavy atom. The molecule has 4 aromatic carbocycles. The third kappa shape index (κ3) is 7.14. The minimum absolute atomic E-state index is 0.141. The van der Waals surface area contributed by atoms with E-state index in [4.69, 9.17) is 0 Å². The number of halogens is 1. The molecule has 2 saturated heterocycles. The number of nitro groups is 1. The molecule has 2 N–H and O–H groups in total. The summed E-state index contributed by atoms with van der Waals surface area (Å²) in [6.45, 7) is 8.29. The van der Waals surface area contributed by atoms with Crippen LogP contribution in [0.1, 0.15) is 11.6 Å². The molecular weight excluding hydrogens is 609 g/mol. The maximum absolute atomic E-state index is 13.9. The SMILES string of the molecule is Fc1ccccc1N1CCN(Cc2nc3ccccc3[nH]2)CC1.O=[N+]([O-])c1ccccc1N1CCN(Cc2nc3ccccc3[nH]2)CC1. The summed E-state index contributed by atoms with van der Waals surface area (Å²) in [7, 11) is 0. The molecule has 0 radical (unpaired) electrons. The summed E-state index contributed by atoms with van der Waals surface area (Å²) in [6.07, 6.45) is 0. The molecule has 0 aliphatic carbocycles. The molecule has 0 amide bonds. The Balaban J connectivity index is 0.000000152. The summed E-state index contributed by atoms with van der Waals surface area (Å²) >= 11 is 0. The van der Waals surface area contributed by atoms with Gasteiger partial charge in [-0.2, -0.15) is 0 Å². The van der Waals surface area contributed by atoms with Gasteiger partial charge in [-0.25, -0.2) is 14.4 Å². The van der Waals surface area contributed by atoms with Crippen LogP contribution in [0.2, 0.25) is 0 Å². The fraction of sp³-hybridized carbons (Fsp3) is 0.278. The zero-order valence-electron chi connectivity index (χ0n) is 26.6. The van der Waals surface area contributed by atoms with Crippen molar-refractivity contribution >= 4 is 39.1 Å². The van der Waals surface area contributed by atoms with Crippen LogP contribution < -0.4 is 9.80 Å². The van der Waals surface area contributed by atoms with Crippen molar-refractivity contribution in [3.63, 3.8) is 0 Å². The normalized spacial score (nSPS) is 15.9. The van der Waals surface area contributed by atoms with Crippen molar-refractivity contribution < 1.29 is 9.31 Å². The Bertz CT molecular complexity index is 1930. The van der Waals surface area contributed by atoms with Crippen LogP contribution in [0, 0.1) is 15.9 Å². The average molecular weight is 648 g/mol. The van der Waals surface area contributed by atoms with Crippen LogP contribution in [-0.4, -0.2) is 87.0 Å². The van der Waals surface area contributed by atoms with Gasteiger partial charge < -0.3 is 19.8 Å². The Morgan fingerprint density at radius 1 is 0.604 bits per heavy atom. The van der Waals surface area contributed by atoms with Gasteiger partial charge in [-0.1, -0.05) is 48.5 Å². The average Bonchev–Trinajstić information content (AvgIpc) is 3.72. The minimum Gasteiger partial charge on any atom is -0.367 e. The lowest BCUT2D eigenvalue weighted by Crippen LogP contribution is -2.46. The predicted octanol–water partition coefficient (Wildman–Crippen LogP) is 5.82. The largest absolute Gasteiger partial charge is 0.367 e. The highest BCUT2D eigenvalue weighted by Gasteiger charge is 2.24. The van der Waals surface area contributed by atoms with E-state index < -0.39 is 0 Å². The van der Waals surface area contributed by atoms with Crippen molar-refractivity contribution in [2.45, 2.75) is 13.1 Å². The highest BCUT2D eigenvalue weighted by atomic mass is 19.1. The third-order valence-electron chi connectivity index (χ3n) is 8.98. The van der Waals surface area contributed by atoms with Gasteiger partial charge in [0.05, 0.1) is 45.8 Å². The third-order valence-corrected chi connectivity index (χ3v) is 8.98. The predicted molar refractivity (Wildman–Crippen MR) is 187 cm³/mol. The molecule has 0 saturated carbocycles. The molecule has 2 aromatic heterocycles. The number of benzene rings is 4. The maximum atomic E-state index is 13.9. The number of para-hydroxylation sites is 7. The highest BCUT2D eigenvalue weighted by Crippen LogP contribution is 2.28. The highest BCUT2D eigenvalue weighted by molar-refractivity contribution is 5.75. The van der Waals surface area contributed by atoms with E-state index in [2.05, 4.69) is 39.5 Å². The van der Waals surface area contributed by atoms with Gasteiger partial charge in [-0.05, 0) is 42.5 Å². The molecule has 2 aliphatic rings. The van der Waals surface area contributed by atoms with E-state index in [1.54, 1.807) is 18.2 Å². The van der Waals surface area contributed by atoms with E-state index in [0.717, 1.165) is 99.2 Å². The molecule has 48 heavy (non-hydrogen) atoms. The smallest absolute Gasteiger partial charge is 0.292 e. The van der Waals surface area contributed by atoms with Crippen LogP contribution in [0.4, 0.5) is 21.5 Å². The molecule has 0 spiro atoms. The zero-order chi connectivity index (χ0) is 32.9. The van der Waals surface area contributed by atoms with E-state index in [1.165, 1.54) is 6.07 Å². The molecule has 0 atom stereocenters. The number of hydrogen-bond acceptors (Lipinski definition) is 8. The fourth-order valence-corrected chi connectivity index (χ4v) is 6.47. The lowest BCUT2D eigenvalue weighted by atomic mass is 10.2. The molecule has 8 rings (SSSR count). The van der Waals surface area contributed by atoms with Crippen LogP contribution in [-0.2, 0) is 13.1 Å². The number of nitrogens with one attached hydrogen (secondary N) is 2. The molecule has 2 fully saturated rings. The first-order chi connectivity index (χ1) is 23.5. The Kier molecular flexibility index (Phi) is 9.25. The van der Waals surface area contributed by atoms with Gasteiger partial charge in [0.15, 0.2) is 0 Å². The molecular formula is C36H38FN9O2. The number of anilines is 2. The second-order valence-electron chi connectivity index (χ2n) is 12.1. The Labute approximate surface area is 277 Å². The van der Waals surface area contributed by atoms with E-state index in [0.29, 0.717) is 11.4 Å². The molecule has 2 aliphatic heterocycles. The van der Waals surface area contributed by atoms with Crippen molar-refractivity contribution in [2.75, 3.05) is 62.2 Å². The van der Waals surface area contributed by atoms with Gasteiger partial charge in [0.25, 0.3) is 5.69 Å².